The van der Waals surface area contributed by atoms with Crippen LogP contribution in [0.2, 0.25) is 0 Å². The molecule has 3 rings (SSSR count). The number of benzene rings is 1. The summed E-state index contributed by atoms with van der Waals surface area (Å²) in [6, 6.07) is 14.7. The van der Waals surface area contributed by atoms with E-state index in [-0.39, 0.29) is 0 Å². The summed E-state index contributed by atoms with van der Waals surface area (Å²) in [5, 5.41) is 2.49. The molecule has 0 aliphatic carbocycles. The van der Waals surface area contributed by atoms with Crippen molar-refractivity contribution in [2.24, 2.45) is 7.05 Å². The second-order valence-electron chi connectivity index (χ2n) is 4.57. The molecule has 0 bridgehead atoms. The number of hydrogen-bond acceptors (Lipinski definition) is 1. The highest BCUT2D eigenvalue weighted by atomic mass is 14.9. The highest BCUT2D eigenvalue weighted by Gasteiger charge is 2.14. The molecule has 0 saturated carbocycles. The van der Waals surface area contributed by atoms with Gasteiger partial charge in [0.05, 0.1) is 0 Å². The van der Waals surface area contributed by atoms with Gasteiger partial charge in [0, 0.05) is 17.6 Å². The van der Waals surface area contributed by atoms with E-state index in [0.29, 0.717) is 0 Å². The summed E-state index contributed by atoms with van der Waals surface area (Å²) >= 11 is 0. The van der Waals surface area contributed by atoms with Crippen LogP contribution in [0.25, 0.3) is 22.2 Å². The van der Waals surface area contributed by atoms with Gasteiger partial charge in [0.2, 0.25) is 5.69 Å². The first-order chi connectivity index (χ1) is 8.75. The van der Waals surface area contributed by atoms with Crippen LogP contribution in [0.1, 0.15) is 5.56 Å². The maximum absolute atomic E-state index is 4.50. The fourth-order valence-corrected chi connectivity index (χ4v) is 2.28. The standard InChI is InChI=1S/C16H15N2/c1-12-6-5-9-17-16(12)15-10-13-7-3-4-8-14(13)11-18(15)2/h3-11H,1-2H3/q+1. The summed E-state index contributed by atoms with van der Waals surface area (Å²) in [6.07, 6.45) is 4.00. The van der Waals surface area contributed by atoms with Crippen LogP contribution in [0.5, 0.6) is 0 Å². The van der Waals surface area contributed by atoms with E-state index in [4.69, 9.17) is 0 Å². The van der Waals surface area contributed by atoms with Crippen LogP contribution in [-0.4, -0.2) is 4.98 Å². The Morgan fingerprint density at radius 3 is 2.56 bits per heavy atom. The number of aromatic nitrogens is 2. The van der Waals surface area contributed by atoms with Crippen molar-refractivity contribution in [3.63, 3.8) is 0 Å². The summed E-state index contributed by atoms with van der Waals surface area (Å²) in [5.74, 6) is 0. The number of pyridine rings is 2. The maximum Gasteiger partial charge on any atom is 0.231 e. The lowest BCUT2D eigenvalue weighted by Gasteiger charge is -2.04. The molecule has 0 amide bonds. The molecule has 2 nitrogen and oxygen atoms in total. The lowest BCUT2D eigenvalue weighted by molar-refractivity contribution is -0.659. The summed E-state index contributed by atoms with van der Waals surface area (Å²) in [4.78, 5) is 4.50. The molecule has 0 N–H and O–H groups in total. The number of aryl methyl sites for hydroxylation is 2. The van der Waals surface area contributed by atoms with Crippen molar-refractivity contribution in [1.82, 2.24) is 4.98 Å². The third-order valence-corrected chi connectivity index (χ3v) is 3.25. The van der Waals surface area contributed by atoms with Crippen LogP contribution < -0.4 is 4.57 Å². The smallest absolute Gasteiger partial charge is 0.231 e. The molecular formula is C16H15N2+. The predicted molar refractivity (Wildman–Crippen MR) is 73.1 cm³/mol. The van der Waals surface area contributed by atoms with E-state index >= 15 is 0 Å². The van der Waals surface area contributed by atoms with E-state index in [1.165, 1.54) is 16.3 Å². The molecule has 0 saturated heterocycles. The highest BCUT2D eigenvalue weighted by molar-refractivity contribution is 5.83. The first-order valence-corrected chi connectivity index (χ1v) is 6.06. The van der Waals surface area contributed by atoms with Crippen molar-refractivity contribution >= 4 is 10.8 Å². The van der Waals surface area contributed by atoms with E-state index in [1.54, 1.807) is 0 Å². The summed E-state index contributed by atoms with van der Waals surface area (Å²) in [6.45, 7) is 2.09. The van der Waals surface area contributed by atoms with Crippen LogP contribution in [0.15, 0.2) is 54.9 Å². The molecule has 2 heteroatoms. The third kappa shape index (κ3) is 1.76. The quantitative estimate of drug-likeness (QED) is 0.592. The Morgan fingerprint density at radius 2 is 1.78 bits per heavy atom. The largest absolute Gasteiger partial charge is 0.250 e. The number of hydrogen-bond donors (Lipinski definition) is 0. The van der Waals surface area contributed by atoms with Crippen molar-refractivity contribution in [3.8, 4) is 11.4 Å². The van der Waals surface area contributed by atoms with Crippen molar-refractivity contribution in [3.05, 3.63) is 60.4 Å². The number of fused-ring (bicyclic) bond motifs is 1. The van der Waals surface area contributed by atoms with Gasteiger partial charge in [-0.1, -0.05) is 24.3 Å². The molecule has 0 radical (unpaired) electrons. The Hall–Kier alpha value is -2.22. The lowest BCUT2D eigenvalue weighted by atomic mass is 10.1. The van der Waals surface area contributed by atoms with Crippen LogP contribution in [0.4, 0.5) is 0 Å². The molecule has 0 aliphatic heterocycles. The van der Waals surface area contributed by atoms with Gasteiger partial charge in [0.25, 0.3) is 0 Å². The summed E-state index contributed by atoms with van der Waals surface area (Å²) in [5.41, 5.74) is 3.39. The molecule has 0 spiro atoms. The lowest BCUT2D eigenvalue weighted by Crippen LogP contribution is -2.30. The molecule has 3 aromatic rings. The molecule has 0 atom stereocenters. The van der Waals surface area contributed by atoms with Crippen LogP contribution in [0, 0.1) is 6.92 Å². The molecule has 1 aromatic carbocycles. The van der Waals surface area contributed by atoms with E-state index in [9.17, 15) is 0 Å². The van der Waals surface area contributed by atoms with Crippen molar-refractivity contribution in [1.29, 1.82) is 0 Å². The van der Waals surface area contributed by atoms with E-state index in [1.807, 2.05) is 12.3 Å². The molecule has 0 aliphatic rings. The zero-order valence-electron chi connectivity index (χ0n) is 10.6. The molecule has 2 heterocycles. The van der Waals surface area contributed by atoms with Crippen molar-refractivity contribution < 1.29 is 4.57 Å². The van der Waals surface area contributed by atoms with Crippen LogP contribution >= 0.6 is 0 Å². The predicted octanol–water partition coefficient (Wildman–Crippen LogP) is 3.03. The zero-order chi connectivity index (χ0) is 12.5. The van der Waals surface area contributed by atoms with Gasteiger partial charge in [-0.3, -0.25) is 0 Å². The second-order valence-corrected chi connectivity index (χ2v) is 4.57. The van der Waals surface area contributed by atoms with E-state index < -0.39 is 0 Å². The summed E-state index contributed by atoms with van der Waals surface area (Å²) in [7, 11) is 2.07. The summed E-state index contributed by atoms with van der Waals surface area (Å²) < 4.78 is 2.14. The zero-order valence-corrected chi connectivity index (χ0v) is 10.6. The Kier molecular flexibility index (Phi) is 2.56. The Labute approximate surface area is 107 Å². The van der Waals surface area contributed by atoms with Gasteiger partial charge in [-0.25, -0.2) is 4.98 Å². The van der Waals surface area contributed by atoms with Gasteiger partial charge in [-0.2, -0.15) is 4.57 Å². The minimum absolute atomic E-state index is 1.05. The SMILES string of the molecule is Cc1cccnc1-c1cc2ccccc2c[n+]1C. The molecule has 2 aromatic heterocycles. The van der Waals surface area contributed by atoms with Gasteiger partial charge in [-0.05, 0) is 30.0 Å². The maximum atomic E-state index is 4.50. The highest BCUT2D eigenvalue weighted by Crippen LogP contribution is 2.21. The van der Waals surface area contributed by atoms with Crippen molar-refractivity contribution in [2.45, 2.75) is 6.92 Å². The molecule has 0 fully saturated rings. The molecule has 18 heavy (non-hydrogen) atoms. The normalized spacial score (nSPS) is 10.8. The van der Waals surface area contributed by atoms with Crippen LogP contribution in [0.3, 0.4) is 0 Å². The van der Waals surface area contributed by atoms with Crippen molar-refractivity contribution in [2.75, 3.05) is 0 Å². The minimum atomic E-state index is 1.05. The van der Waals surface area contributed by atoms with E-state index in [0.717, 1.165) is 11.4 Å². The molecule has 88 valence electrons. The topological polar surface area (TPSA) is 16.8 Å². The van der Waals surface area contributed by atoms with Crippen LogP contribution in [-0.2, 0) is 7.05 Å². The fraction of sp³-hybridized carbons (Fsp3) is 0.125. The average molecular weight is 235 g/mol. The monoisotopic (exact) mass is 235 g/mol. The minimum Gasteiger partial charge on any atom is -0.250 e. The molecular weight excluding hydrogens is 220 g/mol. The van der Waals surface area contributed by atoms with Gasteiger partial charge >= 0.3 is 0 Å². The Bertz CT molecular complexity index is 717. The van der Waals surface area contributed by atoms with Gasteiger partial charge in [-0.15, -0.1) is 0 Å². The second kappa shape index (κ2) is 4.22. The van der Waals surface area contributed by atoms with Gasteiger partial charge in [0.1, 0.15) is 12.7 Å². The average Bonchev–Trinajstić information content (AvgIpc) is 2.39. The first kappa shape index (κ1) is 10.9. The Morgan fingerprint density at radius 1 is 1.00 bits per heavy atom. The number of nitrogens with zero attached hydrogens (tertiary/aromatic N) is 2. The fourth-order valence-electron chi connectivity index (χ4n) is 2.28. The van der Waals surface area contributed by atoms with Gasteiger partial charge in [0.15, 0.2) is 6.20 Å². The first-order valence-electron chi connectivity index (χ1n) is 6.06. The van der Waals surface area contributed by atoms with E-state index in [2.05, 4.69) is 66.1 Å². The third-order valence-electron chi connectivity index (χ3n) is 3.25. The Balaban J connectivity index is 2.30. The van der Waals surface area contributed by atoms with Gasteiger partial charge < -0.3 is 0 Å². The number of rotatable bonds is 1. The molecule has 0 unspecified atom stereocenters.